The molecule has 1 aliphatic rings. The summed E-state index contributed by atoms with van der Waals surface area (Å²) in [6.07, 6.45) is 3.37. The molecule has 0 bridgehead atoms. The molecular weight excluding hydrogens is 138 g/mol. The van der Waals surface area contributed by atoms with Crippen molar-refractivity contribution in [2.24, 2.45) is 5.73 Å². The van der Waals surface area contributed by atoms with Gasteiger partial charge in [0.1, 0.15) is 11.5 Å². The Hall–Kier alpha value is -0.760. The molecule has 2 nitrogen and oxygen atoms in total. The maximum atomic E-state index is 6.04. The van der Waals surface area contributed by atoms with Crippen LogP contribution in [-0.4, -0.2) is 0 Å². The predicted molar refractivity (Wildman–Crippen MR) is 43.2 cm³/mol. The molecule has 2 N–H and O–H groups in total. The molecular formula is C9H13NO. The van der Waals surface area contributed by atoms with Crippen molar-refractivity contribution in [2.75, 3.05) is 0 Å². The van der Waals surface area contributed by atoms with E-state index >= 15 is 0 Å². The molecule has 0 radical (unpaired) electrons. The normalized spacial score (nSPS) is 21.3. The Labute approximate surface area is 66.4 Å². The first-order chi connectivity index (χ1) is 5.21. The molecule has 0 atom stereocenters. The molecule has 0 saturated heterocycles. The van der Waals surface area contributed by atoms with Crippen LogP contribution >= 0.6 is 0 Å². The first-order valence-corrected chi connectivity index (χ1v) is 4.06. The predicted octanol–water partition coefficient (Wildman–Crippen LogP) is 1.93. The minimum Gasteiger partial charge on any atom is -0.464 e. The molecule has 0 amide bonds. The van der Waals surface area contributed by atoms with Crippen molar-refractivity contribution in [1.82, 2.24) is 0 Å². The van der Waals surface area contributed by atoms with Crippen molar-refractivity contribution in [2.45, 2.75) is 31.7 Å². The van der Waals surface area contributed by atoms with Gasteiger partial charge in [-0.15, -0.1) is 0 Å². The summed E-state index contributed by atoms with van der Waals surface area (Å²) in [7, 11) is 0. The summed E-state index contributed by atoms with van der Waals surface area (Å²) in [4.78, 5) is 0. The fourth-order valence-corrected chi connectivity index (χ4v) is 1.51. The van der Waals surface area contributed by atoms with E-state index in [1.165, 1.54) is 6.42 Å². The van der Waals surface area contributed by atoms with Crippen molar-refractivity contribution >= 4 is 0 Å². The third kappa shape index (κ3) is 0.979. The largest absolute Gasteiger partial charge is 0.464 e. The van der Waals surface area contributed by atoms with Crippen LogP contribution in [0.2, 0.25) is 0 Å². The zero-order valence-corrected chi connectivity index (χ0v) is 6.76. The van der Waals surface area contributed by atoms with Gasteiger partial charge in [0.2, 0.25) is 0 Å². The Morgan fingerprint density at radius 3 is 2.55 bits per heavy atom. The van der Waals surface area contributed by atoms with Crippen LogP contribution in [0.25, 0.3) is 0 Å². The lowest BCUT2D eigenvalue weighted by atomic mass is 9.76. The number of aryl methyl sites for hydroxylation is 1. The Bertz CT molecular complexity index is 260. The average molecular weight is 151 g/mol. The first-order valence-electron chi connectivity index (χ1n) is 4.06. The van der Waals surface area contributed by atoms with Gasteiger partial charge >= 0.3 is 0 Å². The molecule has 11 heavy (non-hydrogen) atoms. The molecule has 2 rings (SSSR count). The monoisotopic (exact) mass is 151 g/mol. The summed E-state index contributed by atoms with van der Waals surface area (Å²) in [5.74, 6) is 1.91. The van der Waals surface area contributed by atoms with E-state index in [1.54, 1.807) is 0 Å². The van der Waals surface area contributed by atoms with Crippen molar-refractivity contribution in [3.05, 3.63) is 23.7 Å². The van der Waals surface area contributed by atoms with Crippen LogP contribution in [0.3, 0.4) is 0 Å². The number of furan rings is 1. The van der Waals surface area contributed by atoms with Crippen LogP contribution in [0.4, 0.5) is 0 Å². The highest BCUT2D eigenvalue weighted by Crippen LogP contribution is 2.39. The lowest BCUT2D eigenvalue weighted by Gasteiger charge is -2.35. The molecule has 1 saturated carbocycles. The highest BCUT2D eigenvalue weighted by Gasteiger charge is 2.36. The number of nitrogens with two attached hydrogens (primary N) is 1. The summed E-state index contributed by atoms with van der Waals surface area (Å²) < 4.78 is 5.47. The van der Waals surface area contributed by atoms with E-state index in [2.05, 4.69) is 0 Å². The number of hydrogen-bond donors (Lipinski definition) is 1. The zero-order chi connectivity index (χ0) is 7.90. The third-order valence-electron chi connectivity index (χ3n) is 2.48. The Kier molecular flexibility index (Phi) is 1.33. The molecule has 0 unspecified atom stereocenters. The van der Waals surface area contributed by atoms with Crippen LogP contribution in [0.15, 0.2) is 16.5 Å². The summed E-state index contributed by atoms with van der Waals surface area (Å²) >= 11 is 0. The fourth-order valence-electron chi connectivity index (χ4n) is 1.51. The highest BCUT2D eigenvalue weighted by molar-refractivity contribution is 5.17. The maximum Gasteiger partial charge on any atom is 0.123 e. The van der Waals surface area contributed by atoms with E-state index in [-0.39, 0.29) is 5.54 Å². The smallest absolute Gasteiger partial charge is 0.123 e. The fraction of sp³-hybridized carbons (Fsp3) is 0.556. The highest BCUT2D eigenvalue weighted by atomic mass is 16.3. The average Bonchev–Trinajstić information content (AvgIpc) is 2.31. The van der Waals surface area contributed by atoms with Crippen molar-refractivity contribution in [1.29, 1.82) is 0 Å². The van der Waals surface area contributed by atoms with Crippen LogP contribution in [-0.2, 0) is 5.54 Å². The minimum atomic E-state index is -0.131. The number of rotatable bonds is 1. The van der Waals surface area contributed by atoms with Gasteiger partial charge in [0.25, 0.3) is 0 Å². The van der Waals surface area contributed by atoms with E-state index in [0.717, 1.165) is 24.4 Å². The quantitative estimate of drug-likeness (QED) is 0.666. The Morgan fingerprint density at radius 2 is 2.18 bits per heavy atom. The van der Waals surface area contributed by atoms with Crippen LogP contribution in [0, 0.1) is 6.92 Å². The second-order valence-corrected chi connectivity index (χ2v) is 3.42. The van der Waals surface area contributed by atoms with E-state index in [4.69, 9.17) is 10.2 Å². The molecule has 0 aliphatic heterocycles. The van der Waals surface area contributed by atoms with E-state index in [1.807, 2.05) is 19.1 Å². The van der Waals surface area contributed by atoms with Crippen LogP contribution in [0.5, 0.6) is 0 Å². The van der Waals surface area contributed by atoms with Crippen molar-refractivity contribution in [3.63, 3.8) is 0 Å². The van der Waals surface area contributed by atoms with Crippen LogP contribution in [0.1, 0.15) is 30.8 Å². The van der Waals surface area contributed by atoms with Crippen molar-refractivity contribution in [3.8, 4) is 0 Å². The van der Waals surface area contributed by atoms with Gasteiger partial charge in [-0.1, -0.05) is 0 Å². The molecule has 1 aliphatic carbocycles. The van der Waals surface area contributed by atoms with Gasteiger partial charge in [0.15, 0.2) is 0 Å². The molecule has 1 fully saturated rings. The Balaban J connectivity index is 2.28. The van der Waals surface area contributed by atoms with Gasteiger partial charge < -0.3 is 10.2 Å². The summed E-state index contributed by atoms with van der Waals surface area (Å²) in [6, 6.07) is 3.97. The topological polar surface area (TPSA) is 39.2 Å². The van der Waals surface area contributed by atoms with E-state index in [9.17, 15) is 0 Å². The molecule has 2 heteroatoms. The van der Waals surface area contributed by atoms with E-state index in [0.29, 0.717) is 0 Å². The maximum absolute atomic E-state index is 6.04. The van der Waals surface area contributed by atoms with Gasteiger partial charge in [-0.05, 0) is 38.3 Å². The van der Waals surface area contributed by atoms with Crippen LogP contribution < -0.4 is 5.73 Å². The van der Waals surface area contributed by atoms with Gasteiger partial charge in [-0.2, -0.15) is 0 Å². The molecule has 1 heterocycles. The summed E-state index contributed by atoms with van der Waals surface area (Å²) in [5.41, 5.74) is 5.91. The van der Waals surface area contributed by atoms with Gasteiger partial charge in [-0.25, -0.2) is 0 Å². The van der Waals surface area contributed by atoms with E-state index < -0.39 is 0 Å². The lowest BCUT2D eigenvalue weighted by Crippen LogP contribution is -2.42. The Morgan fingerprint density at radius 1 is 1.45 bits per heavy atom. The summed E-state index contributed by atoms with van der Waals surface area (Å²) in [6.45, 7) is 1.95. The minimum absolute atomic E-state index is 0.131. The lowest BCUT2D eigenvalue weighted by molar-refractivity contribution is 0.205. The molecule has 0 aromatic carbocycles. The van der Waals surface area contributed by atoms with Gasteiger partial charge in [-0.3, -0.25) is 0 Å². The number of hydrogen-bond acceptors (Lipinski definition) is 2. The van der Waals surface area contributed by atoms with Gasteiger partial charge in [0.05, 0.1) is 5.54 Å². The molecule has 0 spiro atoms. The SMILES string of the molecule is Cc1ccc(C2(N)CCC2)o1. The zero-order valence-electron chi connectivity index (χ0n) is 6.76. The first kappa shape index (κ1) is 6.92. The van der Waals surface area contributed by atoms with Gasteiger partial charge in [0, 0.05) is 0 Å². The van der Waals surface area contributed by atoms with Crippen molar-refractivity contribution < 1.29 is 4.42 Å². The molecule has 1 aromatic heterocycles. The second-order valence-electron chi connectivity index (χ2n) is 3.42. The molecule has 60 valence electrons. The second kappa shape index (κ2) is 2.11. The third-order valence-corrected chi connectivity index (χ3v) is 2.48. The standard InChI is InChI=1S/C9H13NO/c1-7-3-4-8(11-7)9(10)5-2-6-9/h3-4H,2,5-6,10H2,1H3. The molecule has 1 aromatic rings. The summed E-state index contributed by atoms with van der Waals surface area (Å²) in [5, 5.41) is 0.